The van der Waals surface area contributed by atoms with Gasteiger partial charge in [-0.05, 0) is 30.7 Å². The number of halogens is 1. The van der Waals surface area contributed by atoms with Crippen LogP contribution in [0.25, 0.3) is 11.3 Å². The van der Waals surface area contributed by atoms with E-state index in [1.165, 1.54) is 0 Å². The average molecular weight is 341 g/mol. The highest BCUT2D eigenvalue weighted by Crippen LogP contribution is 2.27. The first-order chi connectivity index (χ1) is 9.19. The van der Waals surface area contributed by atoms with Crippen LogP contribution in [0.15, 0.2) is 45.3 Å². The van der Waals surface area contributed by atoms with E-state index in [0.717, 1.165) is 33.7 Å². The summed E-state index contributed by atoms with van der Waals surface area (Å²) in [5.41, 5.74) is 1.09. The van der Waals surface area contributed by atoms with Crippen molar-refractivity contribution in [3.63, 3.8) is 0 Å². The smallest absolute Gasteiger partial charge is 0.134 e. The fraction of sp³-hybridized carbons (Fsp3) is 0.333. The molecule has 2 rings (SSSR count). The van der Waals surface area contributed by atoms with Gasteiger partial charge in [0.15, 0.2) is 0 Å². The minimum absolute atomic E-state index is 0.246. The monoisotopic (exact) mass is 340 g/mol. The van der Waals surface area contributed by atoms with Crippen LogP contribution in [-0.4, -0.2) is 17.0 Å². The van der Waals surface area contributed by atoms with Gasteiger partial charge in [-0.15, -0.1) is 0 Å². The van der Waals surface area contributed by atoms with Gasteiger partial charge in [0.25, 0.3) is 0 Å². The van der Waals surface area contributed by atoms with Crippen LogP contribution in [0.2, 0.25) is 0 Å². The maximum absolute atomic E-state index is 8.87. The number of rotatable bonds is 6. The minimum atomic E-state index is 0.246. The predicted molar refractivity (Wildman–Crippen MR) is 84.3 cm³/mol. The molecule has 0 saturated carbocycles. The lowest BCUT2D eigenvalue weighted by Crippen LogP contribution is -1.99. The largest absolute Gasteiger partial charge is 0.460 e. The normalized spacial score (nSPS) is 12.6. The Kier molecular flexibility index (Phi) is 5.55. The van der Waals surface area contributed by atoms with Crippen LogP contribution in [0, 0.1) is 0 Å². The van der Waals surface area contributed by atoms with Crippen LogP contribution in [0.4, 0.5) is 0 Å². The van der Waals surface area contributed by atoms with Crippen molar-refractivity contribution in [2.75, 3.05) is 6.61 Å². The molecule has 0 bridgehead atoms. The Morgan fingerprint density at radius 1 is 1.21 bits per heavy atom. The third kappa shape index (κ3) is 4.41. The van der Waals surface area contributed by atoms with E-state index in [1.54, 1.807) is 11.8 Å². The Morgan fingerprint density at radius 3 is 2.63 bits per heavy atom. The summed E-state index contributed by atoms with van der Waals surface area (Å²) in [5, 5.41) is 9.32. The number of benzene rings is 1. The van der Waals surface area contributed by atoms with Crippen molar-refractivity contribution in [1.82, 2.24) is 0 Å². The number of furan rings is 1. The Labute approximate surface area is 126 Å². The highest BCUT2D eigenvalue weighted by atomic mass is 79.9. The van der Waals surface area contributed by atoms with Gasteiger partial charge in [-0.2, -0.15) is 11.8 Å². The SMILES string of the molecule is CC(CCO)SCc1ccc(-c2ccc(Br)cc2)o1. The molecule has 0 fully saturated rings. The van der Waals surface area contributed by atoms with Crippen LogP contribution in [0.1, 0.15) is 19.1 Å². The molecule has 0 aliphatic heterocycles. The Hall–Kier alpha value is -0.710. The average Bonchev–Trinajstić information content (AvgIpc) is 2.86. The summed E-state index contributed by atoms with van der Waals surface area (Å²) in [6.07, 6.45) is 0.824. The van der Waals surface area contributed by atoms with Gasteiger partial charge in [0.1, 0.15) is 11.5 Å². The quantitative estimate of drug-likeness (QED) is 0.826. The molecule has 0 spiro atoms. The van der Waals surface area contributed by atoms with Crippen molar-refractivity contribution >= 4 is 27.7 Å². The van der Waals surface area contributed by atoms with Crippen LogP contribution < -0.4 is 0 Å². The summed E-state index contributed by atoms with van der Waals surface area (Å²) in [4.78, 5) is 0. The highest BCUT2D eigenvalue weighted by molar-refractivity contribution is 9.10. The van der Waals surface area contributed by atoms with Gasteiger partial charge in [-0.1, -0.05) is 35.0 Å². The molecular formula is C15H17BrO2S. The van der Waals surface area contributed by atoms with Gasteiger partial charge in [0.2, 0.25) is 0 Å². The molecule has 1 unspecified atom stereocenters. The fourth-order valence-electron chi connectivity index (χ4n) is 1.71. The van der Waals surface area contributed by atoms with Crippen molar-refractivity contribution in [1.29, 1.82) is 0 Å². The lowest BCUT2D eigenvalue weighted by molar-refractivity contribution is 0.289. The first-order valence-corrected chi connectivity index (χ1v) is 8.10. The molecular weight excluding hydrogens is 324 g/mol. The number of aliphatic hydroxyl groups is 1. The van der Waals surface area contributed by atoms with E-state index in [0.29, 0.717) is 5.25 Å². The van der Waals surface area contributed by atoms with E-state index >= 15 is 0 Å². The van der Waals surface area contributed by atoms with Crippen molar-refractivity contribution in [3.8, 4) is 11.3 Å². The van der Waals surface area contributed by atoms with Gasteiger partial charge in [0, 0.05) is 21.9 Å². The summed E-state index contributed by atoms with van der Waals surface area (Å²) in [5.74, 6) is 2.73. The van der Waals surface area contributed by atoms with E-state index in [4.69, 9.17) is 9.52 Å². The molecule has 0 aliphatic carbocycles. The molecule has 2 aromatic rings. The molecule has 0 aliphatic rings. The summed E-state index contributed by atoms with van der Waals surface area (Å²) in [6.45, 7) is 2.37. The molecule has 0 saturated heterocycles. The molecule has 19 heavy (non-hydrogen) atoms. The maximum Gasteiger partial charge on any atom is 0.134 e. The standard InChI is InChI=1S/C15H17BrO2S/c1-11(8-9-17)19-10-14-6-7-15(18-14)12-2-4-13(16)5-3-12/h2-7,11,17H,8-10H2,1H3. The molecule has 1 heterocycles. The van der Waals surface area contributed by atoms with E-state index in [2.05, 4.69) is 22.9 Å². The molecule has 1 N–H and O–H groups in total. The van der Waals surface area contributed by atoms with Crippen molar-refractivity contribution in [3.05, 3.63) is 46.6 Å². The summed E-state index contributed by atoms with van der Waals surface area (Å²) in [7, 11) is 0. The molecule has 1 atom stereocenters. The van der Waals surface area contributed by atoms with E-state index in [9.17, 15) is 0 Å². The first kappa shape index (κ1) is 14.7. The van der Waals surface area contributed by atoms with Gasteiger partial charge < -0.3 is 9.52 Å². The molecule has 1 aromatic heterocycles. The minimum Gasteiger partial charge on any atom is -0.460 e. The molecule has 102 valence electrons. The lowest BCUT2D eigenvalue weighted by atomic mass is 10.2. The maximum atomic E-state index is 8.87. The van der Waals surface area contributed by atoms with Gasteiger partial charge in [-0.3, -0.25) is 0 Å². The summed E-state index contributed by atoms with van der Waals surface area (Å²) >= 11 is 5.23. The van der Waals surface area contributed by atoms with E-state index in [-0.39, 0.29) is 6.61 Å². The van der Waals surface area contributed by atoms with Crippen LogP contribution >= 0.6 is 27.7 Å². The zero-order valence-corrected chi connectivity index (χ0v) is 13.2. The van der Waals surface area contributed by atoms with E-state index < -0.39 is 0 Å². The Balaban J connectivity index is 1.97. The lowest BCUT2D eigenvalue weighted by Gasteiger charge is -2.07. The molecule has 4 heteroatoms. The second-order valence-electron chi connectivity index (χ2n) is 4.41. The van der Waals surface area contributed by atoms with Gasteiger partial charge in [0.05, 0.1) is 5.75 Å². The second-order valence-corrected chi connectivity index (χ2v) is 6.75. The Morgan fingerprint density at radius 2 is 1.95 bits per heavy atom. The number of hydrogen-bond donors (Lipinski definition) is 1. The Bertz CT molecular complexity index is 507. The van der Waals surface area contributed by atoms with E-state index in [1.807, 2.05) is 36.4 Å². The third-order valence-corrected chi connectivity index (χ3v) is 4.62. The van der Waals surface area contributed by atoms with Crippen LogP contribution in [-0.2, 0) is 5.75 Å². The zero-order chi connectivity index (χ0) is 13.7. The summed E-state index contributed by atoms with van der Waals surface area (Å²) in [6, 6.07) is 12.1. The van der Waals surface area contributed by atoms with Crippen LogP contribution in [0.3, 0.4) is 0 Å². The molecule has 1 aromatic carbocycles. The number of thioether (sulfide) groups is 1. The van der Waals surface area contributed by atoms with Crippen molar-refractivity contribution in [2.45, 2.75) is 24.3 Å². The van der Waals surface area contributed by atoms with Gasteiger partial charge in [-0.25, -0.2) is 0 Å². The molecule has 0 radical (unpaired) electrons. The van der Waals surface area contributed by atoms with Gasteiger partial charge >= 0.3 is 0 Å². The van der Waals surface area contributed by atoms with Crippen molar-refractivity contribution < 1.29 is 9.52 Å². The zero-order valence-electron chi connectivity index (χ0n) is 10.8. The predicted octanol–water partition coefficient (Wildman–Crippen LogP) is 4.71. The second kappa shape index (κ2) is 7.17. The number of hydrogen-bond acceptors (Lipinski definition) is 3. The summed E-state index contributed by atoms with van der Waals surface area (Å²) < 4.78 is 6.91. The highest BCUT2D eigenvalue weighted by Gasteiger charge is 2.07. The fourth-order valence-corrected chi connectivity index (χ4v) is 2.85. The molecule has 0 amide bonds. The topological polar surface area (TPSA) is 33.4 Å². The third-order valence-electron chi connectivity index (χ3n) is 2.84. The van der Waals surface area contributed by atoms with Crippen molar-refractivity contribution in [2.24, 2.45) is 0 Å². The first-order valence-electron chi connectivity index (χ1n) is 6.26. The van der Waals surface area contributed by atoms with Crippen LogP contribution in [0.5, 0.6) is 0 Å². The number of aliphatic hydroxyl groups excluding tert-OH is 1. The molecule has 2 nitrogen and oxygen atoms in total.